The third-order valence-corrected chi connectivity index (χ3v) is 1.95. The molecular weight excluding hydrogens is 330 g/mol. The second-order valence-corrected chi connectivity index (χ2v) is 3.18. The van der Waals surface area contributed by atoms with E-state index in [0.29, 0.717) is 11.5 Å². The first-order chi connectivity index (χ1) is 8.75. The maximum absolute atomic E-state index is 5.64. The topological polar surface area (TPSA) is 89.6 Å². The number of benzene rings is 1. The van der Waals surface area contributed by atoms with Crippen LogP contribution in [0.2, 0.25) is 0 Å². The van der Waals surface area contributed by atoms with Crippen molar-refractivity contribution >= 4 is 51.3 Å². The fourth-order valence-electron chi connectivity index (χ4n) is 1.17. The van der Waals surface area contributed by atoms with Crippen LogP contribution in [0.25, 0.3) is 0 Å². The van der Waals surface area contributed by atoms with Gasteiger partial charge in [-0.05, 0) is 30.1 Å². The Kier molecular flexibility index (Phi) is 8.48. The highest BCUT2D eigenvalue weighted by Crippen LogP contribution is 2.23. The minimum absolute atomic E-state index is 0. The molecule has 7 heteroatoms. The van der Waals surface area contributed by atoms with Crippen molar-refractivity contribution in [2.45, 2.75) is 0 Å². The van der Waals surface area contributed by atoms with Gasteiger partial charge in [-0.2, -0.15) is 5.11 Å². The van der Waals surface area contributed by atoms with Crippen LogP contribution in [0.5, 0.6) is 0 Å². The van der Waals surface area contributed by atoms with Gasteiger partial charge < -0.3 is 11.5 Å². The second-order valence-electron chi connectivity index (χ2n) is 3.18. The molecule has 4 N–H and O–H groups in total. The van der Waals surface area contributed by atoms with E-state index in [1.165, 1.54) is 0 Å². The zero-order valence-electron chi connectivity index (χ0n) is 10.3. The number of nitrogens with zero attached hydrogens (tertiary/aromatic N) is 3. The highest BCUT2D eigenvalue weighted by atomic mass is 79.9. The number of hydrogen-bond acceptors (Lipinski definition) is 5. The molecule has 0 aliphatic heterocycles. The summed E-state index contributed by atoms with van der Waals surface area (Å²) in [7, 11) is 0. The highest BCUT2D eigenvalue weighted by Gasteiger charge is 1.98. The van der Waals surface area contributed by atoms with Crippen LogP contribution >= 0.6 is 28.3 Å². The standard InChI is InChI=1S/C11H11N5.CH3Br.ClH/c12-10-7-6-9(11(13)14-10)16-15-8-4-2-1-3-5-8;1-2;/h1-7H,(H4,12,13,14);1H3;1H/b16-15+;;. The molecule has 1 heterocycles. The number of rotatable bonds is 2. The lowest BCUT2D eigenvalue weighted by atomic mass is 10.3. The molecule has 0 radical (unpaired) electrons. The molecular formula is C12H15BrClN5. The molecule has 1 aromatic carbocycles. The molecule has 0 spiro atoms. The molecule has 19 heavy (non-hydrogen) atoms. The van der Waals surface area contributed by atoms with E-state index in [1.807, 2.05) is 36.2 Å². The lowest BCUT2D eigenvalue weighted by Crippen LogP contribution is -1.95. The molecule has 0 aliphatic carbocycles. The van der Waals surface area contributed by atoms with Gasteiger partial charge in [-0.15, -0.1) is 17.5 Å². The average molecular weight is 345 g/mol. The lowest BCUT2D eigenvalue weighted by molar-refractivity contribution is 1.21. The minimum atomic E-state index is 0. The number of nitrogens with two attached hydrogens (primary N) is 2. The molecule has 0 fully saturated rings. The predicted molar refractivity (Wildman–Crippen MR) is 85.8 cm³/mol. The first-order valence-electron chi connectivity index (χ1n) is 5.12. The van der Waals surface area contributed by atoms with Crippen molar-refractivity contribution in [3.8, 4) is 0 Å². The maximum Gasteiger partial charge on any atom is 0.153 e. The summed E-state index contributed by atoms with van der Waals surface area (Å²) < 4.78 is 0. The van der Waals surface area contributed by atoms with Crippen molar-refractivity contribution in [3.63, 3.8) is 0 Å². The molecule has 5 nitrogen and oxygen atoms in total. The van der Waals surface area contributed by atoms with E-state index in [0.717, 1.165) is 5.69 Å². The van der Waals surface area contributed by atoms with Crippen LogP contribution in [0.4, 0.5) is 23.0 Å². The monoisotopic (exact) mass is 343 g/mol. The third-order valence-electron chi connectivity index (χ3n) is 1.95. The van der Waals surface area contributed by atoms with E-state index in [9.17, 15) is 0 Å². The SMILES string of the molecule is CBr.Cl.Nc1ccc(/N=N/c2ccccc2)c(N)n1. The zero-order valence-corrected chi connectivity index (χ0v) is 12.7. The first-order valence-corrected chi connectivity index (χ1v) is 6.71. The molecule has 0 saturated heterocycles. The Morgan fingerprint density at radius 3 is 2.16 bits per heavy atom. The van der Waals surface area contributed by atoms with Gasteiger partial charge in [0.25, 0.3) is 0 Å². The summed E-state index contributed by atoms with van der Waals surface area (Å²) in [6, 6.07) is 12.7. The normalized spacial score (nSPS) is 9.37. The molecule has 0 atom stereocenters. The molecule has 0 aliphatic rings. The van der Waals surface area contributed by atoms with Crippen molar-refractivity contribution in [2.75, 3.05) is 17.3 Å². The Hall–Kier alpha value is -1.66. The molecule has 2 rings (SSSR count). The number of pyridine rings is 1. The molecule has 0 bridgehead atoms. The lowest BCUT2D eigenvalue weighted by Gasteiger charge is -1.98. The Morgan fingerprint density at radius 2 is 1.58 bits per heavy atom. The Morgan fingerprint density at radius 1 is 0.947 bits per heavy atom. The van der Waals surface area contributed by atoms with Gasteiger partial charge in [0, 0.05) is 0 Å². The number of anilines is 2. The number of hydrogen-bond donors (Lipinski definition) is 2. The Balaban J connectivity index is 0.00000103. The largest absolute Gasteiger partial charge is 0.384 e. The summed E-state index contributed by atoms with van der Waals surface area (Å²) in [5.41, 5.74) is 12.4. The number of azo groups is 1. The van der Waals surface area contributed by atoms with E-state index in [1.54, 1.807) is 12.1 Å². The van der Waals surface area contributed by atoms with Crippen LogP contribution in [-0.2, 0) is 0 Å². The van der Waals surface area contributed by atoms with Crippen LogP contribution < -0.4 is 11.5 Å². The first kappa shape index (κ1) is 17.3. The van der Waals surface area contributed by atoms with E-state index in [2.05, 4.69) is 31.1 Å². The molecule has 1 aromatic heterocycles. The molecule has 102 valence electrons. The highest BCUT2D eigenvalue weighted by molar-refractivity contribution is 9.08. The quantitative estimate of drug-likeness (QED) is 0.635. The summed E-state index contributed by atoms with van der Waals surface area (Å²) in [5, 5.41) is 8.03. The van der Waals surface area contributed by atoms with Crippen LogP contribution in [0.3, 0.4) is 0 Å². The molecule has 0 amide bonds. The van der Waals surface area contributed by atoms with Gasteiger partial charge in [-0.25, -0.2) is 4.98 Å². The number of halogens is 2. The van der Waals surface area contributed by atoms with Crippen molar-refractivity contribution in [3.05, 3.63) is 42.5 Å². The molecule has 2 aromatic rings. The number of alkyl halides is 1. The summed E-state index contributed by atoms with van der Waals surface area (Å²) in [6.45, 7) is 0. The third kappa shape index (κ3) is 5.67. The van der Waals surface area contributed by atoms with Crippen molar-refractivity contribution in [1.82, 2.24) is 4.98 Å². The van der Waals surface area contributed by atoms with Gasteiger partial charge in [0.1, 0.15) is 11.5 Å². The van der Waals surface area contributed by atoms with Gasteiger partial charge in [0.2, 0.25) is 0 Å². The smallest absolute Gasteiger partial charge is 0.153 e. The van der Waals surface area contributed by atoms with Crippen LogP contribution in [0.15, 0.2) is 52.7 Å². The van der Waals surface area contributed by atoms with Crippen molar-refractivity contribution < 1.29 is 0 Å². The van der Waals surface area contributed by atoms with Gasteiger partial charge in [-0.1, -0.05) is 34.1 Å². The average Bonchev–Trinajstić information content (AvgIpc) is 2.41. The van der Waals surface area contributed by atoms with E-state index < -0.39 is 0 Å². The van der Waals surface area contributed by atoms with Gasteiger partial charge in [-0.3, -0.25) is 0 Å². The van der Waals surface area contributed by atoms with Gasteiger partial charge in [0.05, 0.1) is 5.69 Å². The number of nitrogen functional groups attached to an aromatic ring is 2. The second kappa shape index (κ2) is 9.29. The zero-order chi connectivity index (χ0) is 13.4. The van der Waals surface area contributed by atoms with E-state index in [-0.39, 0.29) is 18.2 Å². The molecule has 0 unspecified atom stereocenters. The van der Waals surface area contributed by atoms with Gasteiger partial charge in [0.15, 0.2) is 5.82 Å². The van der Waals surface area contributed by atoms with Crippen molar-refractivity contribution in [1.29, 1.82) is 0 Å². The summed E-state index contributed by atoms with van der Waals surface area (Å²) in [5.74, 6) is 2.46. The van der Waals surface area contributed by atoms with Crippen molar-refractivity contribution in [2.24, 2.45) is 10.2 Å². The maximum atomic E-state index is 5.64. The summed E-state index contributed by atoms with van der Waals surface area (Å²) >= 11 is 2.94. The number of aromatic nitrogens is 1. The van der Waals surface area contributed by atoms with Crippen LogP contribution in [0.1, 0.15) is 0 Å². The van der Waals surface area contributed by atoms with E-state index in [4.69, 9.17) is 11.5 Å². The van der Waals surface area contributed by atoms with E-state index >= 15 is 0 Å². The van der Waals surface area contributed by atoms with Crippen LogP contribution in [-0.4, -0.2) is 10.8 Å². The minimum Gasteiger partial charge on any atom is -0.384 e. The van der Waals surface area contributed by atoms with Crippen LogP contribution in [0, 0.1) is 0 Å². The van der Waals surface area contributed by atoms with Gasteiger partial charge >= 0.3 is 0 Å². The predicted octanol–water partition coefficient (Wildman–Crippen LogP) is 4.09. The Labute approximate surface area is 126 Å². The summed E-state index contributed by atoms with van der Waals surface area (Å²) in [6.07, 6.45) is 0. The fourth-order valence-corrected chi connectivity index (χ4v) is 1.17. The fraction of sp³-hybridized carbons (Fsp3) is 0.0833. The Bertz CT molecular complexity index is 519. The summed E-state index contributed by atoms with van der Waals surface area (Å²) in [4.78, 5) is 3.89. The molecule has 0 saturated carbocycles.